The fourth-order valence-corrected chi connectivity index (χ4v) is 4.87. The molecule has 2 heterocycles. The predicted octanol–water partition coefficient (Wildman–Crippen LogP) is 2.02. The molecule has 2 fully saturated rings. The average molecular weight is 339 g/mol. The van der Waals surface area contributed by atoms with Gasteiger partial charge in [0, 0.05) is 70.0 Å². The van der Waals surface area contributed by atoms with Gasteiger partial charge in [-0.2, -0.15) is 0 Å². The van der Waals surface area contributed by atoms with Gasteiger partial charge in [0.25, 0.3) is 0 Å². The van der Waals surface area contributed by atoms with Gasteiger partial charge in [0.1, 0.15) is 0 Å². The summed E-state index contributed by atoms with van der Waals surface area (Å²) >= 11 is 1.79. The minimum atomic E-state index is 0.299. The minimum absolute atomic E-state index is 0.299. The van der Waals surface area contributed by atoms with Crippen molar-refractivity contribution in [3.8, 4) is 0 Å². The van der Waals surface area contributed by atoms with Crippen LogP contribution in [0.3, 0.4) is 0 Å². The number of aromatic nitrogens is 1. The normalized spacial score (nSPS) is 24.4. The van der Waals surface area contributed by atoms with Gasteiger partial charge in [0.15, 0.2) is 5.13 Å². The van der Waals surface area contributed by atoms with Crippen molar-refractivity contribution in [1.29, 1.82) is 0 Å². The van der Waals surface area contributed by atoms with E-state index in [1.54, 1.807) is 11.3 Å². The summed E-state index contributed by atoms with van der Waals surface area (Å²) < 4.78 is 0. The summed E-state index contributed by atoms with van der Waals surface area (Å²) in [7, 11) is 4.08. The van der Waals surface area contributed by atoms with E-state index in [0.717, 1.165) is 43.8 Å². The Labute approximate surface area is 143 Å². The van der Waals surface area contributed by atoms with Crippen LogP contribution in [0.25, 0.3) is 0 Å². The van der Waals surface area contributed by atoms with Crippen LogP contribution in [0.5, 0.6) is 0 Å². The molecule has 1 atom stereocenters. The van der Waals surface area contributed by atoms with Gasteiger partial charge in [-0.25, -0.2) is 4.98 Å². The highest BCUT2D eigenvalue weighted by molar-refractivity contribution is 7.15. The molecule has 0 aromatic carbocycles. The molecule has 6 heteroatoms. The van der Waals surface area contributed by atoms with Gasteiger partial charge in [-0.3, -0.25) is 9.80 Å². The second kappa shape index (κ2) is 7.92. The Bertz CT molecular complexity index is 487. The second-order valence-corrected chi connectivity index (χ2v) is 8.17. The Kier molecular flexibility index (Phi) is 5.91. The van der Waals surface area contributed by atoms with Gasteiger partial charge in [-0.15, -0.1) is 11.3 Å². The van der Waals surface area contributed by atoms with Crippen LogP contribution in [0.1, 0.15) is 37.0 Å². The van der Waals surface area contributed by atoms with Gasteiger partial charge in [-0.1, -0.05) is 12.8 Å². The predicted molar refractivity (Wildman–Crippen MR) is 96.2 cm³/mol. The molecule has 23 heavy (non-hydrogen) atoms. The number of aliphatic hydroxyl groups is 1. The highest BCUT2D eigenvalue weighted by Gasteiger charge is 2.33. The molecule has 1 N–H and O–H groups in total. The fourth-order valence-electron chi connectivity index (χ4n) is 4.00. The van der Waals surface area contributed by atoms with E-state index in [9.17, 15) is 5.11 Å². The molecule has 130 valence electrons. The number of thiazole rings is 1. The van der Waals surface area contributed by atoms with E-state index in [4.69, 9.17) is 0 Å². The van der Waals surface area contributed by atoms with Crippen LogP contribution in [-0.4, -0.2) is 72.3 Å². The van der Waals surface area contributed by atoms with Crippen LogP contribution < -0.4 is 4.90 Å². The smallest absolute Gasteiger partial charge is 0.185 e. The van der Waals surface area contributed by atoms with E-state index in [0.29, 0.717) is 12.6 Å². The van der Waals surface area contributed by atoms with E-state index in [1.807, 2.05) is 20.3 Å². The molecule has 0 radical (unpaired) electrons. The van der Waals surface area contributed by atoms with Crippen LogP contribution in [0, 0.1) is 0 Å². The van der Waals surface area contributed by atoms with Crippen molar-refractivity contribution in [2.75, 3.05) is 45.2 Å². The lowest BCUT2D eigenvalue weighted by Gasteiger charge is -2.44. The maximum atomic E-state index is 9.46. The zero-order chi connectivity index (χ0) is 16.2. The van der Waals surface area contributed by atoms with Crippen molar-refractivity contribution in [2.24, 2.45) is 0 Å². The molecular formula is C17H30N4OS. The second-order valence-electron chi connectivity index (χ2n) is 7.08. The quantitative estimate of drug-likeness (QED) is 0.860. The molecule has 5 nitrogen and oxygen atoms in total. The summed E-state index contributed by atoms with van der Waals surface area (Å²) in [5.41, 5.74) is 0. The highest BCUT2D eigenvalue weighted by Crippen LogP contribution is 2.29. The molecular weight excluding hydrogens is 308 g/mol. The first-order valence-corrected chi connectivity index (χ1v) is 9.70. The fraction of sp³-hybridized carbons (Fsp3) is 0.824. The molecule has 1 aliphatic carbocycles. The van der Waals surface area contributed by atoms with Crippen molar-refractivity contribution in [1.82, 2.24) is 14.8 Å². The molecule has 1 saturated carbocycles. The lowest BCUT2D eigenvalue weighted by atomic mass is 10.0. The van der Waals surface area contributed by atoms with Crippen molar-refractivity contribution < 1.29 is 5.11 Å². The number of aliphatic hydroxyl groups excluding tert-OH is 1. The zero-order valence-electron chi connectivity index (χ0n) is 14.4. The molecule has 0 amide bonds. The Morgan fingerprint density at radius 1 is 1.30 bits per heavy atom. The largest absolute Gasteiger partial charge is 0.396 e. The summed E-state index contributed by atoms with van der Waals surface area (Å²) in [6.07, 6.45) is 8.38. The summed E-state index contributed by atoms with van der Waals surface area (Å²) in [6, 6.07) is 1.27. The summed E-state index contributed by atoms with van der Waals surface area (Å²) in [6.45, 7) is 4.65. The van der Waals surface area contributed by atoms with Gasteiger partial charge >= 0.3 is 0 Å². The van der Waals surface area contributed by atoms with E-state index >= 15 is 0 Å². The summed E-state index contributed by atoms with van der Waals surface area (Å²) in [4.78, 5) is 13.1. The molecule has 0 spiro atoms. The SMILES string of the molecule is CN(C)c1ncc(CN2CCN(C3CCCC3)[C@H](CCO)C2)s1. The minimum Gasteiger partial charge on any atom is -0.396 e. The highest BCUT2D eigenvalue weighted by atomic mass is 32.1. The van der Waals surface area contributed by atoms with Crippen molar-refractivity contribution in [3.63, 3.8) is 0 Å². The van der Waals surface area contributed by atoms with Gasteiger partial charge in [-0.05, 0) is 19.3 Å². The number of piperazine rings is 1. The zero-order valence-corrected chi connectivity index (χ0v) is 15.3. The Hall–Kier alpha value is -0.690. The first-order chi connectivity index (χ1) is 11.2. The lowest BCUT2D eigenvalue weighted by molar-refractivity contribution is 0.0271. The van der Waals surface area contributed by atoms with Gasteiger partial charge in [0.2, 0.25) is 0 Å². The number of anilines is 1. The molecule has 1 aromatic rings. The third kappa shape index (κ3) is 4.24. The van der Waals surface area contributed by atoms with Crippen LogP contribution in [-0.2, 0) is 6.54 Å². The molecule has 1 saturated heterocycles. The Morgan fingerprint density at radius 3 is 2.74 bits per heavy atom. The Morgan fingerprint density at radius 2 is 2.09 bits per heavy atom. The van der Waals surface area contributed by atoms with Crippen LogP contribution in [0.2, 0.25) is 0 Å². The molecule has 0 bridgehead atoms. The van der Waals surface area contributed by atoms with Crippen molar-refractivity contribution in [2.45, 2.75) is 50.7 Å². The number of rotatable bonds is 6. The van der Waals surface area contributed by atoms with E-state index in [1.165, 1.54) is 30.6 Å². The van der Waals surface area contributed by atoms with Gasteiger partial charge in [0.05, 0.1) is 0 Å². The third-order valence-electron chi connectivity index (χ3n) is 5.17. The number of hydrogen-bond acceptors (Lipinski definition) is 6. The molecule has 1 aliphatic heterocycles. The molecule has 3 rings (SSSR count). The standard InChI is InChI=1S/C17H30N4OS/c1-19(2)17-18-11-16(23-17)13-20-8-9-21(14-5-3-4-6-14)15(12-20)7-10-22/h11,14-15,22H,3-10,12-13H2,1-2H3/t15-/m1/s1. The van der Waals surface area contributed by atoms with Crippen molar-refractivity contribution >= 4 is 16.5 Å². The maximum absolute atomic E-state index is 9.46. The molecule has 0 unspecified atom stereocenters. The average Bonchev–Trinajstić information content (AvgIpc) is 3.19. The summed E-state index contributed by atoms with van der Waals surface area (Å²) in [5.74, 6) is 0. The topological polar surface area (TPSA) is 42.8 Å². The van der Waals surface area contributed by atoms with E-state index in [2.05, 4.69) is 19.7 Å². The number of nitrogens with zero attached hydrogens (tertiary/aromatic N) is 4. The monoisotopic (exact) mass is 338 g/mol. The molecule has 2 aliphatic rings. The maximum Gasteiger partial charge on any atom is 0.185 e. The first kappa shape index (κ1) is 17.1. The lowest BCUT2D eigenvalue weighted by Crippen LogP contribution is -2.55. The molecule has 1 aromatic heterocycles. The van der Waals surface area contributed by atoms with Crippen molar-refractivity contribution in [3.05, 3.63) is 11.1 Å². The van der Waals surface area contributed by atoms with Crippen LogP contribution in [0.15, 0.2) is 6.20 Å². The Balaban J connectivity index is 1.59. The van der Waals surface area contributed by atoms with Crippen LogP contribution >= 0.6 is 11.3 Å². The van der Waals surface area contributed by atoms with E-state index < -0.39 is 0 Å². The van der Waals surface area contributed by atoms with Crippen LogP contribution in [0.4, 0.5) is 5.13 Å². The number of hydrogen-bond donors (Lipinski definition) is 1. The van der Waals surface area contributed by atoms with Gasteiger partial charge < -0.3 is 10.0 Å². The third-order valence-corrected chi connectivity index (χ3v) is 6.32. The van der Waals surface area contributed by atoms with E-state index in [-0.39, 0.29) is 0 Å². The summed E-state index contributed by atoms with van der Waals surface area (Å²) in [5, 5.41) is 10.5. The first-order valence-electron chi connectivity index (χ1n) is 8.88.